The number of hydrogen-bond acceptors (Lipinski definition) is 1. The van der Waals surface area contributed by atoms with Crippen LogP contribution in [0.1, 0.15) is 32.8 Å². The van der Waals surface area contributed by atoms with Crippen molar-refractivity contribution in [1.82, 2.24) is 5.32 Å². The highest BCUT2D eigenvalue weighted by Crippen LogP contribution is 2.17. The fraction of sp³-hybridized carbons (Fsp3) is 0.500. The van der Waals surface area contributed by atoms with Crippen molar-refractivity contribution >= 4 is 5.91 Å². The van der Waals surface area contributed by atoms with Crippen LogP contribution in [-0.4, -0.2) is 12.5 Å². The van der Waals surface area contributed by atoms with Crippen molar-refractivity contribution in [3.63, 3.8) is 0 Å². The normalized spacial score (nSPS) is 11.3. The van der Waals surface area contributed by atoms with Gasteiger partial charge in [0.15, 0.2) is 0 Å². The molecule has 1 aromatic rings. The summed E-state index contributed by atoms with van der Waals surface area (Å²) in [5, 5.41) is 2.81. The Balaban J connectivity index is 2.34. The Morgan fingerprint density at radius 2 is 1.94 bits per heavy atom. The van der Waals surface area contributed by atoms with Crippen LogP contribution >= 0.6 is 0 Å². The number of rotatable bonds is 4. The van der Waals surface area contributed by atoms with Crippen molar-refractivity contribution in [3.8, 4) is 0 Å². The minimum Gasteiger partial charge on any atom is -0.356 e. The summed E-state index contributed by atoms with van der Waals surface area (Å²) >= 11 is 0. The van der Waals surface area contributed by atoms with E-state index in [1.54, 1.807) is 18.2 Å². The molecule has 0 aliphatic rings. The van der Waals surface area contributed by atoms with E-state index < -0.39 is 0 Å². The molecule has 0 unspecified atom stereocenters. The van der Waals surface area contributed by atoms with Gasteiger partial charge in [-0.2, -0.15) is 0 Å². The highest BCUT2D eigenvalue weighted by molar-refractivity contribution is 5.76. The third-order valence-electron chi connectivity index (χ3n) is 2.37. The molecule has 1 rings (SSSR count). The summed E-state index contributed by atoms with van der Waals surface area (Å²) < 4.78 is 13.3. The molecule has 0 heterocycles. The summed E-state index contributed by atoms with van der Waals surface area (Å²) in [7, 11) is 0. The average Bonchev–Trinajstić information content (AvgIpc) is 2.18. The molecule has 1 amide bonds. The van der Waals surface area contributed by atoms with Crippen LogP contribution in [0.15, 0.2) is 24.3 Å². The smallest absolute Gasteiger partial charge is 0.220 e. The van der Waals surface area contributed by atoms with Gasteiger partial charge in [-0.05, 0) is 23.5 Å². The largest absolute Gasteiger partial charge is 0.356 e. The van der Waals surface area contributed by atoms with Crippen molar-refractivity contribution in [2.45, 2.75) is 33.6 Å². The number of nitrogens with one attached hydrogen (secondary N) is 1. The maximum absolute atomic E-state index is 13.3. The molecule has 17 heavy (non-hydrogen) atoms. The third kappa shape index (κ3) is 5.48. The van der Waals surface area contributed by atoms with Gasteiger partial charge in [0, 0.05) is 13.0 Å². The van der Waals surface area contributed by atoms with Gasteiger partial charge in [0.2, 0.25) is 5.91 Å². The van der Waals surface area contributed by atoms with Gasteiger partial charge in [0.25, 0.3) is 0 Å². The van der Waals surface area contributed by atoms with Crippen molar-refractivity contribution in [2.75, 3.05) is 6.54 Å². The molecule has 3 heteroatoms. The van der Waals surface area contributed by atoms with E-state index in [0.29, 0.717) is 24.9 Å². The molecule has 0 bridgehead atoms. The van der Waals surface area contributed by atoms with E-state index in [9.17, 15) is 9.18 Å². The van der Waals surface area contributed by atoms with Crippen LogP contribution in [0.2, 0.25) is 0 Å². The number of carbonyl (C=O) groups excluding carboxylic acids is 1. The van der Waals surface area contributed by atoms with Gasteiger partial charge >= 0.3 is 0 Å². The number of hydrogen-bond donors (Lipinski definition) is 1. The van der Waals surface area contributed by atoms with Gasteiger partial charge in [0.05, 0.1) is 0 Å². The van der Waals surface area contributed by atoms with Gasteiger partial charge in [-0.1, -0.05) is 39.0 Å². The molecule has 1 aromatic carbocycles. The fourth-order valence-corrected chi connectivity index (χ4v) is 1.58. The molecule has 0 aromatic heterocycles. The predicted molar refractivity (Wildman–Crippen MR) is 67.2 cm³/mol. The van der Waals surface area contributed by atoms with Crippen LogP contribution in [0, 0.1) is 11.2 Å². The van der Waals surface area contributed by atoms with E-state index in [1.807, 2.05) is 20.8 Å². The van der Waals surface area contributed by atoms with Crippen LogP contribution in [0.5, 0.6) is 0 Å². The number of carbonyl (C=O) groups is 1. The van der Waals surface area contributed by atoms with Gasteiger partial charge in [-0.15, -0.1) is 0 Å². The monoisotopic (exact) mass is 237 g/mol. The minimum absolute atomic E-state index is 0.0118. The minimum atomic E-state index is -0.211. The Bertz CT molecular complexity index is 382. The van der Waals surface area contributed by atoms with Crippen LogP contribution in [-0.2, 0) is 11.2 Å². The number of halogens is 1. The lowest BCUT2D eigenvalue weighted by molar-refractivity contribution is -0.122. The summed E-state index contributed by atoms with van der Waals surface area (Å²) in [5.41, 5.74) is 0.630. The summed E-state index contributed by atoms with van der Waals surface area (Å²) in [5.74, 6) is -0.189. The van der Waals surface area contributed by atoms with Crippen molar-refractivity contribution in [3.05, 3.63) is 35.6 Å². The zero-order valence-electron chi connectivity index (χ0n) is 10.7. The van der Waals surface area contributed by atoms with E-state index in [1.165, 1.54) is 6.07 Å². The van der Waals surface area contributed by atoms with E-state index in [4.69, 9.17) is 0 Å². The summed E-state index contributed by atoms with van der Waals surface area (Å²) in [4.78, 5) is 11.5. The molecular weight excluding hydrogens is 217 g/mol. The SMILES string of the molecule is CC(C)(C)CC(=O)NCCc1ccccc1F. The Hall–Kier alpha value is -1.38. The molecule has 0 radical (unpaired) electrons. The van der Waals surface area contributed by atoms with Crippen LogP contribution in [0.25, 0.3) is 0 Å². The zero-order chi connectivity index (χ0) is 12.9. The standard InChI is InChI=1S/C14H20FNO/c1-14(2,3)10-13(17)16-9-8-11-6-4-5-7-12(11)15/h4-7H,8-10H2,1-3H3,(H,16,17). The zero-order valence-corrected chi connectivity index (χ0v) is 10.7. The molecular formula is C14H20FNO. The molecule has 0 atom stereocenters. The van der Waals surface area contributed by atoms with Crippen LogP contribution in [0.3, 0.4) is 0 Å². The first kappa shape index (κ1) is 13.7. The molecule has 2 nitrogen and oxygen atoms in total. The van der Waals surface area contributed by atoms with Crippen LogP contribution < -0.4 is 5.32 Å². The number of benzene rings is 1. The quantitative estimate of drug-likeness (QED) is 0.857. The van der Waals surface area contributed by atoms with E-state index in [0.717, 1.165) is 0 Å². The first-order chi connectivity index (χ1) is 7.88. The van der Waals surface area contributed by atoms with E-state index in [-0.39, 0.29) is 17.1 Å². The van der Waals surface area contributed by atoms with E-state index >= 15 is 0 Å². The maximum Gasteiger partial charge on any atom is 0.220 e. The lowest BCUT2D eigenvalue weighted by Gasteiger charge is -2.17. The highest BCUT2D eigenvalue weighted by Gasteiger charge is 2.15. The maximum atomic E-state index is 13.3. The molecule has 0 aliphatic carbocycles. The molecule has 0 fully saturated rings. The van der Waals surface area contributed by atoms with Gasteiger partial charge < -0.3 is 5.32 Å². The first-order valence-corrected chi connectivity index (χ1v) is 5.88. The Morgan fingerprint density at radius 1 is 1.29 bits per heavy atom. The van der Waals surface area contributed by atoms with Gasteiger partial charge in [-0.3, -0.25) is 4.79 Å². The second-order valence-electron chi connectivity index (χ2n) is 5.43. The Morgan fingerprint density at radius 3 is 2.53 bits per heavy atom. The van der Waals surface area contributed by atoms with Crippen molar-refractivity contribution in [2.24, 2.45) is 5.41 Å². The molecule has 0 saturated carbocycles. The first-order valence-electron chi connectivity index (χ1n) is 5.88. The second-order valence-corrected chi connectivity index (χ2v) is 5.43. The third-order valence-corrected chi connectivity index (χ3v) is 2.37. The molecule has 0 spiro atoms. The highest BCUT2D eigenvalue weighted by atomic mass is 19.1. The second kappa shape index (κ2) is 5.80. The Labute approximate surface area is 102 Å². The van der Waals surface area contributed by atoms with Gasteiger partial charge in [0.1, 0.15) is 5.82 Å². The summed E-state index contributed by atoms with van der Waals surface area (Å²) in [6, 6.07) is 6.64. The topological polar surface area (TPSA) is 29.1 Å². The Kier molecular flexibility index (Phi) is 4.67. The molecule has 94 valence electrons. The van der Waals surface area contributed by atoms with Crippen molar-refractivity contribution in [1.29, 1.82) is 0 Å². The van der Waals surface area contributed by atoms with Crippen molar-refractivity contribution < 1.29 is 9.18 Å². The molecule has 1 N–H and O–H groups in total. The summed E-state index contributed by atoms with van der Waals surface area (Å²) in [6.45, 7) is 6.53. The average molecular weight is 237 g/mol. The van der Waals surface area contributed by atoms with Crippen LogP contribution in [0.4, 0.5) is 4.39 Å². The molecule has 0 aliphatic heterocycles. The predicted octanol–water partition coefficient (Wildman–Crippen LogP) is 2.92. The lowest BCUT2D eigenvalue weighted by Crippen LogP contribution is -2.29. The summed E-state index contributed by atoms with van der Waals surface area (Å²) in [6.07, 6.45) is 1.02. The fourth-order valence-electron chi connectivity index (χ4n) is 1.58. The van der Waals surface area contributed by atoms with Gasteiger partial charge in [-0.25, -0.2) is 4.39 Å². The molecule has 0 saturated heterocycles. The number of amides is 1. The van der Waals surface area contributed by atoms with E-state index in [2.05, 4.69) is 5.32 Å². The lowest BCUT2D eigenvalue weighted by atomic mass is 9.92.